The van der Waals surface area contributed by atoms with Gasteiger partial charge in [-0.1, -0.05) is 6.58 Å². The van der Waals surface area contributed by atoms with E-state index in [2.05, 4.69) is 16.5 Å². The first kappa shape index (κ1) is 15.5. The Morgan fingerprint density at radius 1 is 1.61 bits per heavy atom. The second-order valence-electron chi connectivity index (χ2n) is 5.82. The van der Waals surface area contributed by atoms with Gasteiger partial charge in [0, 0.05) is 32.0 Å². The van der Waals surface area contributed by atoms with Gasteiger partial charge in [-0.2, -0.15) is 0 Å². The van der Waals surface area contributed by atoms with Crippen molar-refractivity contribution in [2.24, 2.45) is 0 Å². The van der Waals surface area contributed by atoms with Crippen molar-refractivity contribution in [1.82, 2.24) is 19.3 Å². The summed E-state index contributed by atoms with van der Waals surface area (Å²) in [4.78, 5) is 22.7. The second-order valence-corrected chi connectivity index (χ2v) is 5.82. The van der Waals surface area contributed by atoms with Crippen molar-refractivity contribution in [3.63, 3.8) is 0 Å². The number of aromatic nitrogens is 3. The van der Waals surface area contributed by atoms with E-state index >= 15 is 0 Å². The first-order valence-electron chi connectivity index (χ1n) is 7.57. The molecule has 0 aromatic carbocycles. The fourth-order valence-electron chi connectivity index (χ4n) is 3.40. The van der Waals surface area contributed by atoms with E-state index in [9.17, 15) is 4.79 Å². The molecule has 1 amide bonds. The standard InChI is InChI=1S/C16H21N5O2/c1-4-13(22)21-8-11(7-12(21)9-23-3)16-19-10(2)14-15(17)18-5-6-20(14)16/h4-6,11-12H,1,7-9H2,2-3H3,(H2,17,18). The van der Waals surface area contributed by atoms with Crippen LogP contribution in [0.2, 0.25) is 0 Å². The first-order chi connectivity index (χ1) is 11.1. The number of hydrogen-bond donors (Lipinski definition) is 1. The summed E-state index contributed by atoms with van der Waals surface area (Å²) in [6.07, 6.45) is 5.68. The fourth-order valence-corrected chi connectivity index (χ4v) is 3.40. The summed E-state index contributed by atoms with van der Waals surface area (Å²) >= 11 is 0. The lowest BCUT2D eigenvalue weighted by Crippen LogP contribution is -2.37. The van der Waals surface area contributed by atoms with Gasteiger partial charge in [-0.15, -0.1) is 0 Å². The highest BCUT2D eigenvalue weighted by Crippen LogP contribution is 2.33. The van der Waals surface area contributed by atoms with Crippen LogP contribution in [0.3, 0.4) is 0 Å². The number of nitrogens with zero attached hydrogens (tertiary/aromatic N) is 4. The van der Waals surface area contributed by atoms with Crippen molar-refractivity contribution in [2.75, 3.05) is 26.0 Å². The maximum absolute atomic E-state index is 12.1. The third kappa shape index (κ3) is 2.57. The number of methoxy groups -OCH3 is 1. The molecule has 1 aliphatic heterocycles. The average molecular weight is 315 g/mol. The Morgan fingerprint density at radius 2 is 2.39 bits per heavy atom. The number of carbonyl (C=O) groups is 1. The summed E-state index contributed by atoms with van der Waals surface area (Å²) in [6, 6.07) is 0.0299. The van der Waals surface area contributed by atoms with Gasteiger partial charge in [0.05, 0.1) is 18.3 Å². The van der Waals surface area contributed by atoms with Crippen LogP contribution in [-0.2, 0) is 9.53 Å². The number of nitrogens with two attached hydrogens (primary N) is 1. The minimum absolute atomic E-state index is 0.0299. The highest BCUT2D eigenvalue weighted by atomic mass is 16.5. The number of likely N-dealkylation sites (tertiary alicyclic amines) is 1. The van der Waals surface area contributed by atoms with Crippen LogP contribution in [0, 0.1) is 6.92 Å². The quantitative estimate of drug-likeness (QED) is 0.855. The Bertz CT molecular complexity index is 754. The molecule has 0 aliphatic carbocycles. The van der Waals surface area contributed by atoms with Crippen molar-refractivity contribution >= 4 is 17.2 Å². The van der Waals surface area contributed by atoms with Gasteiger partial charge in [0.2, 0.25) is 5.91 Å². The van der Waals surface area contributed by atoms with Gasteiger partial charge in [-0.05, 0) is 19.4 Å². The van der Waals surface area contributed by atoms with Gasteiger partial charge in [0.1, 0.15) is 17.2 Å². The molecule has 3 rings (SSSR count). The van der Waals surface area contributed by atoms with E-state index in [0.717, 1.165) is 23.5 Å². The molecule has 122 valence electrons. The molecule has 2 atom stereocenters. The minimum Gasteiger partial charge on any atom is -0.383 e. The maximum atomic E-state index is 12.1. The van der Waals surface area contributed by atoms with E-state index in [1.54, 1.807) is 13.3 Å². The number of hydrogen-bond acceptors (Lipinski definition) is 5. The molecular weight excluding hydrogens is 294 g/mol. The number of fused-ring (bicyclic) bond motifs is 1. The van der Waals surface area contributed by atoms with Crippen LogP contribution in [0.5, 0.6) is 0 Å². The van der Waals surface area contributed by atoms with Crippen LogP contribution in [0.15, 0.2) is 25.0 Å². The molecule has 2 unspecified atom stereocenters. The molecule has 3 heterocycles. The molecule has 1 saturated heterocycles. The molecule has 23 heavy (non-hydrogen) atoms. The zero-order chi connectivity index (χ0) is 16.6. The Kier molecular flexibility index (Phi) is 4.04. The van der Waals surface area contributed by atoms with E-state index in [4.69, 9.17) is 10.5 Å². The summed E-state index contributed by atoms with van der Waals surface area (Å²) in [5.74, 6) is 1.43. The monoisotopic (exact) mass is 315 g/mol. The third-order valence-corrected chi connectivity index (χ3v) is 4.38. The molecular formula is C16H21N5O2. The van der Waals surface area contributed by atoms with Gasteiger partial charge in [-0.25, -0.2) is 9.97 Å². The third-order valence-electron chi connectivity index (χ3n) is 4.38. The van der Waals surface area contributed by atoms with Crippen molar-refractivity contribution in [3.8, 4) is 0 Å². The summed E-state index contributed by atoms with van der Waals surface area (Å²) in [6.45, 7) is 6.61. The summed E-state index contributed by atoms with van der Waals surface area (Å²) in [7, 11) is 1.64. The Labute approximate surface area is 134 Å². The molecule has 2 aromatic heterocycles. The number of anilines is 1. The Balaban J connectivity index is 1.98. The number of ether oxygens (including phenoxy) is 1. The predicted octanol–water partition coefficient (Wildman–Crippen LogP) is 1.14. The molecule has 2 N–H and O–H groups in total. The topological polar surface area (TPSA) is 85.8 Å². The number of amides is 1. The van der Waals surface area contributed by atoms with E-state index < -0.39 is 0 Å². The molecule has 1 fully saturated rings. The lowest BCUT2D eigenvalue weighted by molar-refractivity contribution is -0.127. The summed E-state index contributed by atoms with van der Waals surface area (Å²) in [5, 5.41) is 0. The lowest BCUT2D eigenvalue weighted by atomic mass is 10.1. The van der Waals surface area contributed by atoms with Gasteiger partial charge in [-0.3, -0.25) is 9.20 Å². The fraction of sp³-hybridized carbons (Fsp3) is 0.438. The van der Waals surface area contributed by atoms with Crippen molar-refractivity contribution in [2.45, 2.75) is 25.3 Å². The molecule has 0 radical (unpaired) electrons. The van der Waals surface area contributed by atoms with Crippen LogP contribution in [0.4, 0.5) is 5.82 Å². The molecule has 1 aliphatic rings. The zero-order valence-electron chi connectivity index (χ0n) is 13.4. The number of aryl methyl sites for hydroxylation is 1. The zero-order valence-corrected chi connectivity index (χ0v) is 13.4. The molecule has 7 heteroatoms. The average Bonchev–Trinajstić information content (AvgIpc) is 3.09. The lowest BCUT2D eigenvalue weighted by Gasteiger charge is -2.22. The normalized spacial score (nSPS) is 21.0. The molecule has 0 saturated carbocycles. The minimum atomic E-state index is -0.0756. The molecule has 2 aromatic rings. The van der Waals surface area contributed by atoms with Crippen LogP contribution in [0.25, 0.3) is 5.52 Å². The SMILES string of the molecule is C=CC(=O)N1CC(c2nc(C)c3c(N)nccn23)CC1COC. The van der Waals surface area contributed by atoms with Crippen LogP contribution < -0.4 is 5.73 Å². The predicted molar refractivity (Wildman–Crippen MR) is 87.1 cm³/mol. The van der Waals surface area contributed by atoms with Crippen LogP contribution in [-0.4, -0.2) is 51.5 Å². The van der Waals surface area contributed by atoms with E-state index in [-0.39, 0.29) is 17.9 Å². The van der Waals surface area contributed by atoms with Crippen LogP contribution in [0.1, 0.15) is 23.9 Å². The van der Waals surface area contributed by atoms with Crippen molar-refractivity contribution in [1.29, 1.82) is 0 Å². The van der Waals surface area contributed by atoms with E-state index in [1.165, 1.54) is 6.08 Å². The Hall–Kier alpha value is -2.41. The highest BCUT2D eigenvalue weighted by Gasteiger charge is 2.37. The van der Waals surface area contributed by atoms with Gasteiger partial charge >= 0.3 is 0 Å². The second kappa shape index (κ2) is 6.00. The summed E-state index contributed by atoms with van der Waals surface area (Å²) in [5.41, 5.74) is 7.65. The van der Waals surface area contributed by atoms with E-state index in [1.807, 2.05) is 22.4 Å². The van der Waals surface area contributed by atoms with Crippen molar-refractivity contribution in [3.05, 3.63) is 36.6 Å². The highest BCUT2D eigenvalue weighted by molar-refractivity contribution is 5.87. The van der Waals surface area contributed by atoms with Gasteiger partial charge in [0.15, 0.2) is 0 Å². The number of carbonyl (C=O) groups excluding carboxylic acids is 1. The first-order valence-corrected chi connectivity index (χ1v) is 7.57. The van der Waals surface area contributed by atoms with Crippen LogP contribution >= 0.6 is 0 Å². The van der Waals surface area contributed by atoms with Gasteiger partial charge in [0.25, 0.3) is 0 Å². The number of imidazole rings is 1. The number of rotatable bonds is 4. The molecule has 0 bridgehead atoms. The molecule has 0 spiro atoms. The summed E-state index contributed by atoms with van der Waals surface area (Å²) < 4.78 is 7.24. The number of nitrogen functional groups attached to an aromatic ring is 1. The maximum Gasteiger partial charge on any atom is 0.246 e. The molecule has 7 nitrogen and oxygen atoms in total. The van der Waals surface area contributed by atoms with Crippen molar-refractivity contribution < 1.29 is 9.53 Å². The van der Waals surface area contributed by atoms with E-state index in [0.29, 0.717) is 19.0 Å². The Morgan fingerprint density at radius 3 is 3.09 bits per heavy atom. The smallest absolute Gasteiger partial charge is 0.246 e. The van der Waals surface area contributed by atoms with Gasteiger partial charge < -0.3 is 15.4 Å². The largest absolute Gasteiger partial charge is 0.383 e.